The molecule has 0 bridgehead atoms. The van der Waals surface area contributed by atoms with E-state index in [1.165, 1.54) is 19.3 Å². The number of hydrogen-bond donors (Lipinski definition) is 1. The molecule has 1 N–H and O–H groups in total. The largest absolute Gasteiger partial charge is 0.353 e. The number of carbonyl (C=O) groups excluding carboxylic acids is 1. The van der Waals surface area contributed by atoms with Gasteiger partial charge in [0.2, 0.25) is 0 Å². The number of nitrogens with one attached hydrogen (secondary N) is 1. The number of anilines is 1. The lowest BCUT2D eigenvalue weighted by Gasteiger charge is -2.24. The van der Waals surface area contributed by atoms with E-state index in [9.17, 15) is 9.59 Å². The van der Waals surface area contributed by atoms with Gasteiger partial charge in [-0.25, -0.2) is 9.50 Å². The Morgan fingerprint density at radius 1 is 1.12 bits per heavy atom. The van der Waals surface area contributed by atoms with Crippen LogP contribution in [0.1, 0.15) is 65.8 Å². The van der Waals surface area contributed by atoms with Crippen LogP contribution in [0.15, 0.2) is 29.2 Å². The highest BCUT2D eigenvalue weighted by atomic mass is 16.2. The van der Waals surface area contributed by atoms with Gasteiger partial charge in [-0.2, -0.15) is 0 Å². The average molecular weight is 463 g/mol. The Bertz CT molecular complexity index is 1270. The van der Waals surface area contributed by atoms with Gasteiger partial charge in [0.15, 0.2) is 5.65 Å². The summed E-state index contributed by atoms with van der Waals surface area (Å²) in [6, 6.07) is 5.67. The van der Waals surface area contributed by atoms with E-state index >= 15 is 0 Å². The highest BCUT2D eigenvalue weighted by molar-refractivity contribution is 5.94. The molecule has 2 aliphatic rings. The third kappa shape index (κ3) is 4.33. The van der Waals surface area contributed by atoms with Crippen molar-refractivity contribution in [2.75, 3.05) is 18.0 Å². The average Bonchev–Trinajstić information content (AvgIpc) is 3.46. The van der Waals surface area contributed by atoms with Crippen molar-refractivity contribution in [3.05, 3.63) is 57.3 Å². The maximum Gasteiger partial charge on any atom is 0.263 e. The minimum atomic E-state index is -0.272. The summed E-state index contributed by atoms with van der Waals surface area (Å²) < 4.78 is 3.68. The lowest BCUT2D eigenvalue weighted by Crippen LogP contribution is -2.41. The number of rotatable bonds is 5. The molecular formula is C26H34N6O2. The van der Waals surface area contributed by atoms with E-state index in [1.54, 1.807) is 6.07 Å². The molecule has 1 aliphatic carbocycles. The van der Waals surface area contributed by atoms with E-state index in [0.717, 1.165) is 54.2 Å². The Labute approximate surface area is 200 Å². The van der Waals surface area contributed by atoms with Crippen LogP contribution in [0, 0.1) is 26.7 Å². The fourth-order valence-electron chi connectivity index (χ4n) is 5.40. The Kier molecular flexibility index (Phi) is 6.15. The van der Waals surface area contributed by atoms with Crippen LogP contribution in [0.5, 0.6) is 0 Å². The molecule has 1 aliphatic heterocycles. The van der Waals surface area contributed by atoms with Gasteiger partial charge in [0.1, 0.15) is 11.4 Å². The number of amides is 1. The Hall–Kier alpha value is -3.16. The Morgan fingerprint density at radius 3 is 2.71 bits per heavy atom. The molecule has 180 valence electrons. The fourth-order valence-corrected chi connectivity index (χ4v) is 5.40. The minimum Gasteiger partial charge on any atom is -0.353 e. The molecule has 34 heavy (non-hydrogen) atoms. The van der Waals surface area contributed by atoms with Gasteiger partial charge in [-0.1, -0.05) is 19.3 Å². The summed E-state index contributed by atoms with van der Waals surface area (Å²) in [4.78, 5) is 33.0. The highest BCUT2D eigenvalue weighted by Crippen LogP contribution is 2.25. The lowest BCUT2D eigenvalue weighted by atomic mass is 9.89. The molecule has 1 saturated carbocycles. The molecule has 8 heteroatoms. The van der Waals surface area contributed by atoms with Crippen LogP contribution in [0.25, 0.3) is 5.65 Å². The van der Waals surface area contributed by atoms with Gasteiger partial charge in [0.05, 0.1) is 11.9 Å². The number of aromatic nitrogens is 4. The first kappa shape index (κ1) is 22.6. The maximum atomic E-state index is 13.3. The van der Waals surface area contributed by atoms with Crippen LogP contribution >= 0.6 is 0 Å². The molecule has 3 aromatic heterocycles. The molecule has 1 atom stereocenters. The summed E-state index contributed by atoms with van der Waals surface area (Å²) in [5.41, 5.74) is 3.86. The number of imidazole rings is 1. The standard InChI is InChI=1S/C26H34N6O2/c1-17-13-22(26(34)31(19(17)3)15-20-7-5-4-6-8-20)25(33)28-21-11-12-30(16-21)24-10-9-23-27-14-18(2)32(23)29-24/h9-10,13-14,20-21H,4-8,11-12,15-16H2,1-3H3,(H,28,33). The molecule has 5 rings (SSSR count). The molecular weight excluding hydrogens is 428 g/mol. The zero-order chi connectivity index (χ0) is 23.8. The summed E-state index contributed by atoms with van der Waals surface area (Å²) in [7, 11) is 0. The highest BCUT2D eigenvalue weighted by Gasteiger charge is 2.27. The summed E-state index contributed by atoms with van der Waals surface area (Å²) in [5.74, 6) is 1.12. The van der Waals surface area contributed by atoms with E-state index in [2.05, 4.69) is 15.2 Å². The second-order valence-corrected chi connectivity index (χ2v) is 10.0. The quantitative estimate of drug-likeness (QED) is 0.628. The lowest BCUT2D eigenvalue weighted by molar-refractivity contribution is 0.0938. The molecule has 1 amide bonds. The third-order valence-electron chi connectivity index (χ3n) is 7.59. The molecule has 0 spiro atoms. The zero-order valence-corrected chi connectivity index (χ0v) is 20.4. The molecule has 0 aromatic carbocycles. The number of aryl methyl sites for hydroxylation is 2. The summed E-state index contributed by atoms with van der Waals surface area (Å²) in [5, 5.41) is 7.82. The SMILES string of the molecule is Cc1cc(C(=O)NC2CCN(c3ccc4ncc(C)n4n3)C2)c(=O)n(CC2CCCCC2)c1C. The first-order valence-corrected chi connectivity index (χ1v) is 12.5. The van der Waals surface area contributed by atoms with Crippen LogP contribution in [0.4, 0.5) is 5.82 Å². The summed E-state index contributed by atoms with van der Waals surface area (Å²) in [6.07, 6.45) is 8.71. The second-order valence-electron chi connectivity index (χ2n) is 10.0. The first-order valence-electron chi connectivity index (χ1n) is 12.5. The molecule has 0 radical (unpaired) electrons. The molecule has 8 nitrogen and oxygen atoms in total. The number of fused-ring (bicyclic) bond motifs is 1. The van der Waals surface area contributed by atoms with E-state index in [4.69, 9.17) is 5.10 Å². The fraction of sp³-hybridized carbons (Fsp3) is 0.538. The van der Waals surface area contributed by atoms with Crippen LogP contribution in [0.3, 0.4) is 0 Å². The van der Waals surface area contributed by atoms with E-state index in [0.29, 0.717) is 19.0 Å². The minimum absolute atomic E-state index is 0.0262. The molecule has 4 heterocycles. The van der Waals surface area contributed by atoms with Crippen molar-refractivity contribution in [2.45, 2.75) is 71.9 Å². The van der Waals surface area contributed by atoms with Crippen LogP contribution < -0.4 is 15.8 Å². The van der Waals surface area contributed by atoms with Crippen LogP contribution in [-0.4, -0.2) is 44.2 Å². The zero-order valence-electron chi connectivity index (χ0n) is 20.4. The molecule has 2 fully saturated rings. The molecule has 1 saturated heterocycles. The summed E-state index contributed by atoms with van der Waals surface area (Å²) >= 11 is 0. The number of carbonyl (C=O) groups is 1. The summed E-state index contributed by atoms with van der Waals surface area (Å²) in [6.45, 7) is 8.14. The van der Waals surface area contributed by atoms with Crippen molar-refractivity contribution in [1.82, 2.24) is 24.5 Å². The third-order valence-corrected chi connectivity index (χ3v) is 7.59. The van der Waals surface area contributed by atoms with Gasteiger partial charge >= 0.3 is 0 Å². The van der Waals surface area contributed by atoms with Gasteiger partial charge in [-0.05, 0) is 69.7 Å². The van der Waals surface area contributed by atoms with Crippen molar-refractivity contribution < 1.29 is 4.79 Å². The van der Waals surface area contributed by atoms with Crippen molar-refractivity contribution in [3.63, 3.8) is 0 Å². The Balaban J connectivity index is 1.30. The van der Waals surface area contributed by atoms with Gasteiger partial charge < -0.3 is 14.8 Å². The predicted molar refractivity (Wildman–Crippen MR) is 133 cm³/mol. The van der Waals surface area contributed by atoms with Crippen molar-refractivity contribution in [3.8, 4) is 0 Å². The topological polar surface area (TPSA) is 84.5 Å². The number of hydrogen-bond acceptors (Lipinski definition) is 5. The van der Waals surface area contributed by atoms with Gasteiger partial charge in [0.25, 0.3) is 11.5 Å². The van der Waals surface area contributed by atoms with E-state index < -0.39 is 0 Å². The van der Waals surface area contributed by atoms with Crippen molar-refractivity contribution >= 4 is 17.4 Å². The van der Waals surface area contributed by atoms with Crippen molar-refractivity contribution in [2.24, 2.45) is 5.92 Å². The van der Waals surface area contributed by atoms with Gasteiger partial charge in [-0.15, -0.1) is 5.10 Å². The van der Waals surface area contributed by atoms with Gasteiger partial charge in [0, 0.05) is 31.4 Å². The Morgan fingerprint density at radius 2 is 1.91 bits per heavy atom. The van der Waals surface area contributed by atoms with Crippen LogP contribution in [0.2, 0.25) is 0 Å². The smallest absolute Gasteiger partial charge is 0.263 e. The monoisotopic (exact) mass is 462 g/mol. The second kappa shape index (κ2) is 9.24. The first-order chi connectivity index (χ1) is 16.4. The predicted octanol–water partition coefficient (Wildman–Crippen LogP) is 3.41. The number of nitrogens with zero attached hydrogens (tertiary/aromatic N) is 5. The normalized spacial score (nSPS) is 19.1. The van der Waals surface area contributed by atoms with E-state index in [-0.39, 0.29) is 23.1 Å². The molecule has 3 aromatic rings. The maximum absolute atomic E-state index is 13.3. The van der Waals surface area contributed by atoms with E-state index in [1.807, 2.05) is 48.2 Å². The molecule has 1 unspecified atom stereocenters. The van der Waals surface area contributed by atoms with Crippen LogP contribution in [-0.2, 0) is 6.54 Å². The van der Waals surface area contributed by atoms with Gasteiger partial charge in [-0.3, -0.25) is 9.59 Å². The van der Waals surface area contributed by atoms with Crippen molar-refractivity contribution in [1.29, 1.82) is 0 Å². The number of pyridine rings is 1.